The summed E-state index contributed by atoms with van der Waals surface area (Å²) in [5.74, 6) is -0.425. The molecule has 1 aromatic carbocycles. The van der Waals surface area contributed by atoms with Crippen LogP contribution in [0.3, 0.4) is 0 Å². The van der Waals surface area contributed by atoms with Crippen molar-refractivity contribution in [3.8, 4) is 0 Å². The van der Waals surface area contributed by atoms with Gasteiger partial charge in [0.1, 0.15) is 0 Å². The van der Waals surface area contributed by atoms with E-state index in [9.17, 15) is 9.90 Å². The highest BCUT2D eigenvalue weighted by atomic mass is 35.5. The van der Waals surface area contributed by atoms with Gasteiger partial charge >= 0.3 is 5.97 Å². The molecular formula is C14H14Cl2O3. The van der Waals surface area contributed by atoms with Crippen LogP contribution in [0.2, 0.25) is 10.0 Å². The van der Waals surface area contributed by atoms with E-state index in [1.165, 1.54) is 18.2 Å². The molecule has 0 spiro atoms. The van der Waals surface area contributed by atoms with E-state index in [4.69, 9.17) is 27.9 Å². The molecular weight excluding hydrogens is 287 g/mol. The monoisotopic (exact) mass is 300 g/mol. The average molecular weight is 301 g/mol. The van der Waals surface area contributed by atoms with E-state index in [-0.39, 0.29) is 0 Å². The Kier molecular flexibility index (Phi) is 6.64. The van der Waals surface area contributed by atoms with E-state index >= 15 is 0 Å². The minimum Gasteiger partial charge on any atom is -0.463 e. The number of carbonyl (C=O) groups is 1. The SMILES string of the molecule is CCOC(=O)/C=C/C=C/C(O)c1ccc(Cl)cc1Cl. The molecule has 0 aromatic heterocycles. The molecule has 0 aliphatic carbocycles. The van der Waals surface area contributed by atoms with Crippen LogP contribution in [-0.4, -0.2) is 17.7 Å². The van der Waals surface area contributed by atoms with E-state index in [0.717, 1.165) is 0 Å². The van der Waals surface area contributed by atoms with Gasteiger partial charge in [0, 0.05) is 21.7 Å². The molecule has 1 N–H and O–H groups in total. The van der Waals surface area contributed by atoms with Crippen molar-refractivity contribution in [2.45, 2.75) is 13.0 Å². The van der Waals surface area contributed by atoms with Gasteiger partial charge in [0.2, 0.25) is 0 Å². The molecule has 0 saturated carbocycles. The third kappa shape index (κ3) is 5.47. The molecule has 0 bridgehead atoms. The largest absolute Gasteiger partial charge is 0.463 e. The normalized spacial score (nSPS) is 13.1. The molecule has 0 aliphatic heterocycles. The van der Waals surface area contributed by atoms with Gasteiger partial charge in [-0.3, -0.25) is 0 Å². The number of hydrogen-bond donors (Lipinski definition) is 1. The quantitative estimate of drug-likeness (QED) is 0.512. The van der Waals surface area contributed by atoms with Gasteiger partial charge in [-0.15, -0.1) is 0 Å². The fourth-order valence-corrected chi connectivity index (χ4v) is 1.86. The molecule has 0 aliphatic rings. The predicted octanol–water partition coefficient (Wildman–Crippen LogP) is 3.70. The summed E-state index contributed by atoms with van der Waals surface area (Å²) in [7, 11) is 0. The van der Waals surface area contributed by atoms with E-state index < -0.39 is 12.1 Å². The fraction of sp³-hybridized carbons (Fsp3) is 0.214. The lowest BCUT2D eigenvalue weighted by molar-refractivity contribution is -0.137. The number of aliphatic hydroxyl groups excluding tert-OH is 1. The van der Waals surface area contributed by atoms with E-state index in [1.54, 1.807) is 31.2 Å². The van der Waals surface area contributed by atoms with Crippen LogP contribution in [0.25, 0.3) is 0 Å². The summed E-state index contributed by atoms with van der Waals surface area (Å²) < 4.78 is 4.71. The first-order chi connectivity index (χ1) is 9.04. The summed E-state index contributed by atoms with van der Waals surface area (Å²) in [4.78, 5) is 11.0. The Bertz CT molecular complexity index is 495. The first kappa shape index (κ1) is 15.8. The van der Waals surface area contributed by atoms with Gasteiger partial charge in [0.15, 0.2) is 0 Å². The van der Waals surface area contributed by atoms with Gasteiger partial charge in [-0.05, 0) is 19.1 Å². The van der Waals surface area contributed by atoms with Crippen molar-refractivity contribution in [2.75, 3.05) is 6.61 Å². The van der Waals surface area contributed by atoms with Crippen LogP contribution >= 0.6 is 23.2 Å². The first-order valence-electron chi connectivity index (χ1n) is 5.69. The number of carbonyl (C=O) groups excluding carboxylic acids is 1. The molecule has 0 amide bonds. The molecule has 1 rings (SSSR count). The van der Waals surface area contributed by atoms with Gasteiger partial charge in [-0.25, -0.2) is 4.79 Å². The first-order valence-corrected chi connectivity index (χ1v) is 6.44. The highest BCUT2D eigenvalue weighted by Gasteiger charge is 2.08. The Morgan fingerprint density at radius 3 is 2.79 bits per heavy atom. The van der Waals surface area contributed by atoms with E-state index in [1.807, 2.05) is 0 Å². The zero-order chi connectivity index (χ0) is 14.3. The molecule has 1 atom stereocenters. The molecule has 0 radical (unpaired) electrons. The summed E-state index contributed by atoms with van der Waals surface area (Å²) in [6.45, 7) is 2.06. The molecule has 3 nitrogen and oxygen atoms in total. The van der Waals surface area contributed by atoms with Gasteiger partial charge in [-0.2, -0.15) is 0 Å². The molecule has 102 valence electrons. The maximum atomic E-state index is 11.0. The molecule has 0 fully saturated rings. The van der Waals surface area contributed by atoms with Gasteiger partial charge < -0.3 is 9.84 Å². The average Bonchev–Trinajstić information content (AvgIpc) is 2.34. The lowest BCUT2D eigenvalue weighted by atomic mass is 10.1. The highest BCUT2D eigenvalue weighted by molar-refractivity contribution is 6.35. The molecule has 19 heavy (non-hydrogen) atoms. The standard InChI is InChI=1S/C14H14Cl2O3/c1-2-19-14(18)6-4-3-5-13(17)11-8-7-10(15)9-12(11)16/h3-9,13,17H,2H2,1H3/b5-3+,6-4+. The number of benzene rings is 1. The van der Waals surface area contributed by atoms with Crippen LogP contribution in [0.15, 0.2) is 42.5 Å². The predicted molar refractivity (Wildman–Crippen MR) is 76.3 cm³/mol. The molecule has 1 aromatic rings. The number of hydrogen-bond acceptors (Lipinski definition) is 3. The smallest absolute Gasteiger partial charge is 0.330 e. The molecule has 0 saturated heterocycles. The van der Waals surface area contributed by atoms with Crippen LogP contribution in [0.5, 0.6) is 0 Å². The molecule has 0 heterocycles. The lowest BCUT2D eigenvalue weighted by Crippen LogP contribution is -1.98. The van der Waals surface area contributed by atoms with Crippen molar-refractivity contribution in [3.05, 3.63) is 58.1 Å². The van der Waals surface area contributed by atoms with Crippen LogP contribution in [0, 0.1) is 0 Å². The number of allylic oxidation sites excluding steroid dienone is 2. The van der Waals surface area contributed by atoms with Gasteiger partial charge in [-0.1, -0.05) is 47.5 Å². The summed E-state index contributed by atoms with van der Waals surface area (Å²) in [6, 6.07) is 4.85. The second-order valence-electron chi connectivity index (χ2n) is 3.61. The van der Waals surface area contributed by atoms with Gasteiger partial charge in [0.25, 0.3) is 0 Å². The van der Waals surface area contributed by atoms with E-state index in [0.29, 0.717) is 22.2 Å². The third-order valence-electron chi connectivity index (χ3n) is 2.20. The number of rotatable bonds is 5. The maximum Gasteiger partial charge on any atom is 0.330 e. The summed E-state index contributed by atoms with van der Waals surface area (Å²) >= 11 is 11.7. The maximum absolute atomic E-state index is 11.0. The van der Waals surface area contributed by atoms with Crippen molar-refractivity contribution in [1.29, 1.82) is 0 Å². The van der Waals surface area contributed by atoms with Gasteiger partial charge in [0.05, 0.1) is 12.7 Å². The molecule has 5 heteroatoms. The van der Waals surface area contributed by atoms with Crippen molar-refractivity contribution in [2.24, 2.45) is 0 Å². The summed E-state index contributed by atoms with van der Waals surface area (Å²) in [6.07, 6.45) is 4.95. The summed E-state index contributed by atoms with van der Waals surface area (Å²) in [5.41, 5.74) is 0.548. The number of esters is 1. The van der Waals surface area contributed by atoms with Crippen LogP contribution in [-0.2, 0) is 9.53 Å². The van der Waals surface area contributed by atoms with Crippen LogP contribution in [0.1, 0.15) is 18.6 Å². The second-order valence-corrected chi connectivity index (χ2v) is 4.45. The minimum absolute atomic E-state index is 0.329. The Morgan fingerprint density at radius 1 is 1.42 bits per heavy atom. The second kappa shape index (κ2) is 8.00. The van der Waals surface area contributed by atoms with Crippen molar-refractivity contribution in [3.63, 3.8) is 0 Å². The van der Waals surface area contributed by atoms with Crippen molar-refractivity contribution >= 4 is 29.2 Å². The van der Waals surface area contributed by atoms with Crippen LogP contribution in [0.4, 0.5) is 0 Å². The lowest BCUT2D eigenvalue weighted by Gasteiger charge is -2.08. The van der Waals surface area contributed by atoms with Crippen molar-refractivity contribution in [1.82, 2.24) is 0 Å². The van der Waals surface area contributed by atoms with Crippen LogP contribution < -0.4 is 0 Å². The zero-order valence-electron chi connectivity index (χ0n) is 10.3. The van der Waals surface area contributed by atoms with E-state index in [2.05, 4.69) is 0 Å². The Balaban J connectivity index is 2.64. The number of ether oxygens (including phenoxy) is 1. The van der Waals surface area contributed by atoms with Crippen molar-refractivity contribution < 1.29 is 14.6 Å². The Morgan fingerprint density at radius 2 is 2.16 bits per heavy atom. The zero-order valence-corrected chi connectivity index (χ0v) is 11.9. The Labute approximate surface area is 122 Å². The fourth-order valence-electron chi connectivity index (χ4n) is 1.34. The molecule has 1 unspecified atom stereocenters. The minimum atomic E-state index is -0.864. The third-order valence-corrected chi connectivity index (χ3v) is 2.77. The topological polar surface area (TPSA) is 46.5 Å². The summed E-state index contributed by atoms with van der Waals surface area (Å²) in [5, 5.41) is 10.8. The number of halogens is 2. The highest BCUT2D eigenvalue weighted by Crippen LogP contribution is 2.26. The number of aliphatic hydroxyl groups is 1. The Hall–Kier alpha value is -1.29.